The zero-order valence-electron chi connectivity index (χ0n) is 19.5. The second-order valence-corrected chi connectivity index (χ2v) is 8.43. The average Bonchev–Trinajstić information content (AvgIpc) is 3.45. The Kier molecular flexibility index (Phi) is 7.11. The number of carbonyl (C=O) groups excluding carboxylic acids is 2. The van der Waals surface area contributed by atoms with Crippen molar-refractivity contribution in [3.63, 3.8) is 0 Å². The highest BCUT2D eigenvalue weighted by atomic mass is 16.5. The summed E-state index contributed by atoms with van der Waals surface area (Å²) in [4.78, 5) is 31.8. The number of hydrogen-bond donors (Lipinski definition) is 1. The van der Waals surface area contributed by atoms with E-state index < -0.39 is 17.7 Å². The van der Waals surface area contributed by atoms with Gasteiger partial charge in [-0.1, -0.05) is 36.8 Å². The first kappa shape index (κ1) is 23.3. The first-order valence-corrected chi connectivity index (χ1v) is 11.5. The second kappa shape index (κ2) is 10.4. The number of amides is 1. The average molecular weight is 460 g/mol. The number of hydrogen-bond acceptors (Lipinski definition) is 5. The Hall–Kier alpha value is -3.87. The standard InChI is InChI=1S/C27H29N3O4/c1-3-17-34-22-11-9-21(10-12-22)25(31)23-24(20-7-5-19(2)6-8-20)30(27(33)26(23)32)15-4-14-29-16-13-28-18-29/h5-13,16,18,24,31H,3-4,14-15,17H2,1-2H3/b25-23+/t24-/m1/s1. The minimum Gasteiger partial charge on any atom is -0.507 e. The Morgan fingerprint density at radius 2 is 1.79 bits per heavy atom. The number of imidazole rings is 1. The van der Waals surface area contributed by atoms with Crippen molar-refractivity contribution >= 4 is 17.4 Å². The molecule has 1 aliphatic heterocycles. The number of aliphatic hydroxyl groups excluding tert-OH is 1. The Morgan fingerprint density at radius 1 is 1.06 bits per heavy atom. The third-order valence-electron chi connectivity index (χ3n) is 5.91. The molecule has 4 rings (SSSR count). The molecule has 2 aromatic carbocycles. The van der Waals surface area contributed by atoms with Crippen LogP contribution in [0.3, 0.4) is 0 Å². The third-order valence-corrected chi connectivity index (χ3v) is 5.91. The van der Waals surface area contributed by atoms with Crippen molar-refractivity contribution < 1.29 is 19.4 Å². The van der Waals surface area contributed by atoms with Gasteiger partial charge < -0.3 is 19.3 Å². The number of ether oxygens (including phenoxy) is 1. The van der Waals surface area contributed by atoms with E-state index in [1.54, 1.807) is 41.7 Å². The Bertz CT molecular complexity index is 1170. The maximum absolute atomic E-state index is 13.1. The number of aromatic nitrogens is 2. The molecule has 3 aromatic rings. The van der Waals surface area contributed by atoms with Crippen LogP contribution in [0.4, 0.5) is 0 Å². The summed E-state index contributed by atoms with van der Waals surface area (Å²) in [7, 11) is 0. The number of likely N-dealkylation sites (tertiary alicyclic amines) is 1. The molecule has 1 saturated heterocycles. The van der Waals surface area contributed by atoms with Gasteiger partial charge in [0.25, 0.3) is 11.7 Å². The van der Waals surface area contributed by atoms with Gasteiger partial charge in [-0.2, -0.15) is 0 Å². The summed E-state index contributed by atoms with van der Waals surface area (Å²) in [6.07, 6.45) is 6.83. The molecule has 7 heteroatoms. The van der Waals surface area contributed by atoms with E-state index in [9.17, 15) is 14.7 Å². The SMILES string of the molecule is CCCOc1ccc(/C(O)=C2\C(=O)C(=O)N(CCCn3ccnc3)[C@@H]2c2ccc(C)cc2)cc1. The lowest BCUT2D eigenvalue weighted by Crippen LogP contribution is -2.31. The number of carbonyl (C=O) groups is 2. The van der Waals surface area contributed by atoms with E-state index in [0.29, 0.717) is 37.4 Å². The maximum Gasteiger partial charge on any atom is 0.295 e. The lowest BCUT2D eigenvalue weighted by atomic mass is 9.94. The number of nitrogens with zero attached hydrogens (tertiary/aromatic N) is 3. The van der Waals surface area contributed by atoms with Crippen LogP contribution in [0.15, 0.2) is 72.8 Å². The largest absolute Gasteiger partial charge is 0.507 e. The lowest BCUT2D eigenvalue weighted by Gasteiger charge is -2.25. The molecule has 1 amide bonds. The normalized spacial score (nSPS) is 17.4. The van der Waals surface area contributed by atoms with E-state index in [4.69, 9.17) is 4.74 Å². The van der Waals surface area contributed by atoms with Crippen LogP contribution in [0.2, 0.25) is 0 Å². The van der Waals surface area contributed by atoms with Crippen molar-refractivity contribution in [2.45, 2.75) is 39.3 Å². The predicted molar refractivity (Wildman–Crippen MR) is 129 cm³/mol. The minimum atomic E-state index is -0.669. The van der Waals surface area contributed by atoms with E-state index in [1.807, 2.05) is 48.9 Å². The number of rotatable bonds is 9. The highest BCUT2D eigenvalue weighted by Gasteiger charge is 2.45. The highest BCUT2D eigenvalue weighted by molar-refractivity contribution is 6.46. The zero-order valence-corrected chi connectivity index (χ0v) is 19.5. The molecule has 0 radical (unpaired) electrons. The van der Waals surface area contributed by atoms with Crippen molar-refractivity contribution in [2.24, 2.45) is 0 Å². The van der Waals surface area contributed by atoms with Crippen LogP contribution in [0.5, 0.6) is 5.75 Å². The van der Waals surface area contributed by atoms with Crippen LogP contribution >= 0.6 is 0 Å². The third kappa shape index (κ3) is 4.88. The van der Waals surface area contributed by atoms with Gasteiger partial charge in [-0.05, 0) is 49.6 Å². The fraction of sp³-hybridized carbons (Fsp3) is 0.296. The van der Waals surface area contributed by atoms with Crippen LogP contribution in [-0.2, 0) is 16.1 Å². The Labute approximate surface area is 199 Å². The van der Waals surface area contributed by atoms with Crippen molar-refractivity contribution in [2.75, 3.05) is 13.2 Å². The Morgan fingerprint density at radius 3 is 2.44 bits per heavy atom. The molecule has 0 unspecified atom stereocenters. The Balaban J connectivity index is 1.67. The van der Waals surface area contributed by atoms with Gasteiger partial charge in [0, 0.05) is 31.0 Å². The highest BCUT2D eigenvalue weighted by Crippen LogP contribution is 2.39. The van der Waals surface area contributed by atoms with Gasteiger partial charge in [0.05, 0.1) is 24.5 Å². The van der Waals surface area contributed by atoms with Crippen molar-refractivity contribution in [1.82, 2.24) is 14.5 Å². The molecule has 7 nitrogen and oxygen atoms in total. The van der Waals surface area contributed by atoms with Gasteiger partial charge in [-0.3, -0.25) is 9.59 Å². The number of benzene rings is 2. The smallest absolute Gasteiger partial charge is 0.295 e. The number of ketones is 1. The van der Waals surface area contributed by atoms with Gasteiger partial charge in [-0.15, -0.1) is 0 Å². The summed E-state index contributed by atoms with van der Waals surface area (Å²) in [6.45, 7) is 5.65. The van der Waals surface area contributed by atoms with Crippen LogP contribution in [0.1, 0.15) is 42.5 Å². The second-order valence-electron chi connectivity index (χ2n) is 8.43. The predicted octanol–water partition coefficient (Wildman–Crippen LogP) is 4.49. The molecule has 0 bridgehead atoms. The molecule has 1 aromatic heterocycles. The molecule has 0 spiro atoms. The van der Waals surface area contributed by atoms with E-state index in [2.05, 4.69) is 4.98 Å². The molecular formula is C27H29N3O4. The van der Waals surface area contributed by atoms with Gasteiger partial charge in [0.15, 0.2) is 0 Å². The van der Waals surface area contributed by atoms with E-state index in [-0.39, 0.29) is 11.3 Å². The molecule has 34 heavy (non-hydrogen) atoms. The van der Waals surface area contributed by atoms with Crippen LogP contribution < -0.4 is 4.74 Å². The maximum atomic E-state index is 13.1. The molecule has 176 valence electrons. The minimum absolute atomic E-state index is 0.110. The zero-order chi connectivity index (χ0) is 24.1. The molecule has 1 aliphatic rings. The van der Waals surface area contributed by atoms with Crippen molar-refractivity contribution in [3.05, 3.63) is 89.5 Å². The first-order chi connectivity index (χ1) is 16.5. The van der Waals surface area contributed by atoms with Crippen molar-refractivity contribution in [3.8, 4) is 5.75 Å². The summed E-state index contributed by atoms with van der Waals surface area (Å²) in [5, 5.41) is 11.2. The number of aryl methyl sites for hydroxylation is 2. The molecule has 1 atom stereocenters. The van der Waals surface area contributed by atoms with Gasteiger partial charge >= 0.3 is 0 Å². The summed E-state index contributed by atoms with van der Waals surface area (Å²) in [5.74, 6) is -0.755. The topological polar surface area (TPSA) is 84.7 Å². The summed E-state index contributed by atoms with van der Waals surface area (Å²) in [5.41, 5.74) is 2.44. The van der Waals surface area contributed by atoms with Gasteiger partial charge in [0.1, 0.15) is 11.5 Å². The first-order valence-electron chi connectivity index (χ1n) is 11.5. The number of aliphatic hydroxyl groups is 1. The fourth-order valence-corrected chi connectivity index (χ4v) is 4.13. The van der Waals surface area contributed by atoms with Crippen LogP contribution in [0.25, 0.3) is 5.76 Å². The summed E-state index contributed by atoms with van der Waals surface area (Å²) < 4.78 is 7.54. The van der Waals surface area contributed by atoms with Gasteiger partial charge in [0.2, 0.25) is 0 Å². The van der Waals surface area contributed by atoms with E-state index in [1.165, 1.54) is 0 Å². The monoisotopic (exact) mass is 459 g/mol. The summed E-state index contributed by atoms with van der Waals surface area (Å²) in [6, 6.07) is 14.0. The van der Waals surface area contributed by atoms with Crippen molar-refractivity contribution in [1.29, 1.82) is 0 Å². The fourth-order valence-electron chi connectivity index (χ4n) is 4.13. The lowest BCUT2D eigenvalue weighted by molar-refractivity contribution is -0.139. The molecule has 2 heterocycles. The van der Waals surface area contributed by atoms with E-state index in [0.717, 1.165) is 17.5 Å². The molecule has 0 saturated carbocycles. The van der Waals surface area contributed by atoms with Gasteiger partial charge in [-0.25, -0.2) is 4.98 Å². The van der Waals surface area contributed by atoms with Crippen LogP contribution in [0, 0.1) is 6.92 Å². The molecular weight excluding hydrogens is 430 g/mol. The van der Waals surface area contributed by atoms with Crippen LogP contribution in [-0.4, -0.2) is 44.4 Å². The van der Waals surface area contributed by atoms with E-state index >= 15 is 0 Å². The molecule has 1 N–H and O–H groups in total. The number of Topliss-reactive ketones (excluding diaryl/α,β-unsaturated/α-hetero) is 1. The quantitative estimate of drug-likeness (QED) is 0.289. The molecule has 1 fully saturated rings. The molecule has 0 aliphatic carbocycles. The summed E-state index contributed by atoms with van der Waals surface area (Å²) >= 11 is 0.